The lowest BCUT2D eigenvalue weighted by atomic mass is 10.5. The van der Waals surface area contributed by atoms with Crippen LogP contribution in [0.1, 0.15) is 5.69 Å². The first kappa shape index (κ1) is 7.02. The van der Waals surface area contributed by atoms with Gasteiger partial charge in [0.2, 0.25) is 0 Å². The Morgan fingerprint density at radius 1 is 1.36 bits per heavy atom. The van der Waals surface area contributed by atoms with Crippen LogP contribution in [0.15, 0.2) is 18.6 Å². The van der Waals surface area contributed by atoms with Crippen LogP contribution in [0.2, 0.25) is 0 Å². The van der Waals surface area contributed by atoms with Gasteiger partial charge in [-0.3, -0.25) is 0 Å². The van der Waals surface area contributed by atoms with Gasteiger partial charge in [-0.2, -0.15) is 0 Å². The van der Waals surface area contributed by atoms with E-state index in [-0.39, 0.29) is 0 Å². The highest BCUT2D eigenvalue weighted by molar-refractivity contribution is 14.1. The minimum atomic E-state index is 0.905. The quantitative estimate of drug-likeness (QED) is 0.673. The summed E-state index contributed by atoms with van der Waals surface area (Å²) >= 11 is 2.18. The molecule has 0 radical (unpaired) electrons. The SMILES string of the molecule is Cc1cnc2cnc(I)cn12. The van der Waals surface area contributed by atoms with E-state index in [2.05, 4.69) is 32.6 Å². The molecule has 2 aromatic rings. The zero-order valence-electron chi connectivity index (χ0n) is 5.95. The predicted octanol–water partition coefficient (Wildman–Crippen LogP) is 1.64. The van der Waals surface area contributed by atoms with Crippen LogP contribution in [0.25, 0.3) is 5.65 Å². The lowest BCUT2D eigenvalue weighted by Gasteiger charge is -1.94. The molecule has 0 bridgehead atoms. The van der Waals surface area contributed by atoms with Gasteiger partial charge in [-0.15, -0.1) is 0 Å². The second-order valence-electron chi connectivity index (χ2n) is 2.34. The maximum Gasteiger partial charge on any atom is 0.155 e. The van der Waals surface area contributed by atoms with Gasteiger partial charge in [0.25, 0.3) is 0 Å². The average molecular weight is 259 g/mol. The van der Waals surface area contributed by atoms with Crippen LogP contribution in [0.5, 0.6) is 0 Å². The molecule has 0 aliphatic heterocycles. The molecule has 56 valence electrons. The Labute approximate surface area is 77.6 Å². The molecule has 0 unspecified atom stereocenters. The third-order valence-corrected chi connectivity index (χ3v) is 2.11. The molecule has 0 spiro atoms. The van der Waals surface area contributed by atoms with E-state index in [4.69, 9.17) is 0 Å². The van der Waals surface area contributed by atoms with E-state index >= 15 is 0 Å². The molecule has 0 aliphatic carbocycles. The maximum absolute atomic E-state index is 4.16. The first-order valence-corrected chi connectivity index (χ1v) is 4.30. The van der Waals surface area contributed by atoms with Crippen molar-refractivity contribution in [3.63, 3.8) is 0 Å². The Hall–Kier alpha value is -0.650. The van der Waals surface area contributed by atoms with Crippen molar-refractivity contribution >= 4 is 28.2 Å². The Kier molecular flexibility index (Phi) is 1.56. The fourth-order valence-corrected chi connectivity index (χ4v) is 1.41. The summed E-state index contributed by atoms with van der Waals surface area (Å²) in [6.07, 6.45) is 5.58. The molecule has 0 aromatic carbocycles. The van der Waals surface area contributed by atoms with Crippen LogP contribution in [-0.2, 0) is 0 Å². The summed E-state index contributed by atoms with van der Waals surface area (Å²) in [5, 5.41) is 0. The number of aromatic nitrogens is 3. The van der Waals surface area contributed by atoms with Gasteiger partial charge < -0.3 is 4.40 Å². The number of halogens is 1. The highest BCUT2D eigenvalue weighted by Gasteiger charge is 1.97. The van der Waals surface area contributed by atoms with Gasteiger partial charge in [-0.25, -0.2) is 9.97 Å². The first-order valence-electron chi connectivity index (χ1n) is 3.22. The van der Waals surface area contributed by atoms with E-state index in [9.17, 15) is 0 Å². The van der Waals surface area contributed by atoms with E-state index in [0.717, 1.165) is 15.0 Å². The number of imidazole rings is 1. The molecule has 0 N–H and O–H groups in total. The number of fused-ring (bicyclic) bond motifs is 1. The van der Waals surface area contributed by atoms with Crippen LogP contribution in [0.3, 0.4) is 0 Å². The second-order valence-corrected chi connectivity index (χ2v) is 3.44. The van der Waals surface area contributed by atoms with Gasteiger partial charge in [0.1, 0.15) is 3.70 Å². The summed E-state index contributed by atoms with van der Waals surface area (Å²) in [5.41, 5.74) is 2.04. The van der Waals surface area contributed by atoms with Crippen molar-refractivity contribution in [2.24, 2.45) is 0 Å². The minimum absolute atomic E-state index is 0.905. The number of rotatable bonds is 0. The molecule has 0 saturated carbocycles. The zero-order valence-corrected chi connectivity index (χ0v) is 8.11. The van der Waals surface area contributed by atoms with Crippen LogP contribution >= 0.6 is 22.6 Å². The molecule has 3 nitrogen and oxygen atoms in total. The van der Waals surface area contributed by atoms with E-state index in [1.807, 2.05) is 23.7 Å². The second kappa shape index (κ2) is 2.44. The molecule has 4 heteroatoms. The molecule has 11 heavy (non-hydrogen) atoms. The number of hydrogen-bond acceptors (Lipinski definition) is 2. The smallest absolute Gasteiger partial charge is 0.155 e. The largest absolute Gasteiger partial charge is 0.300 e. The van der Waals surface area contributed by atoms with Crippen molar-refractivity contribution in [3.05, 3.63) is 28.0 Å². The van der Waals surface area contributed by atoms with Crippen molar-refractivity contribution in [1.82, 2.24) is 14.4 Å². The Bertz CT molecular complexity index is 393. The van der Waals surface area contributed by atoms with Crippen molar-refractivity contribution < 1.29 is 0 Å². The van der Waals surface area contributed by atoms with Crippen LogP contribution in [-0.4, -0.2) is 14.4 Å². The maximum atomic E-state index is 4.16. The monoisotopic (exact) mass is 259 g/mol. The molecule has 2 heterocycles. The lowest BCUT2D eigenvalue weighted by molar-refractivity contribution is 1.05. The summed E-state index contributed by atoms with van der Waals surface area (Å²) in [6.45, 7) is 2.02. The predicted molar refractivity (Wildman–Crippen MR) is 50.4 cm³/mol. The minimum Gasteiger partial charge on any atom is -0.300 e. The van der Waals surface area contributed by atoms with Crippen LogP contribution in [0, 0.1) is 10.6 Å². The lowest BCUT2D eigenvalue weighted by Crippen LogP contribution is -1.90. The van der Waals surface area contributed by atoms with E-state index < -0.39 is 0 Å². The van der Waals surface area contributed by atoms with Crippen LogP contribution < -0.4 is 0 Å². The Morgan fingerprint density at radius 2 is 2.18 bits per heavy atom. The van der Waals surface area contributed by atoms with Gasteiger partial charge in [-0.05, 0) is 29.5 Å². The summed E-state index contributed by atoms with van der Waals surface area (Å²) in [6, 6.07) is 0. The van der Waals surface area contributed by atoms with Gasteiger partial charge in [0.05, 0.1) is 6.20 Å². The highest BCUT2D eigenvalue weighted by atomic mass is 127. The summed E-state index contributed by atoms with van der Waals surface area (Å²) in [7, 11) is 0. The van der Waals surface area contributed by atoms with Crippen molar-refractivity contribution in [1.29, 1.82) is 0 Å². The van der Waals surface area contributed by atoms with Gasteiger partial charge in [0.15, 0.2) is 5.65 Å². The molecule has 0 atom stereocenters. The fraction of sp³-hybridized carbons (Fsp3) is 0.143. The van der Waals surface area contributed by atoms with Gasteiger partial charge in [0, 0.05) is 18.1 Å². The molecule has 0 saturated heterocycles. The summed E-state index contributed by atoms with van der Waals surface area (Å²) in [5.74, 6) is 0. The average Bonchev–Trinajstić information content (AvgIpc) is 2.33. The zero-order chi connectivity index (χ0) is 7.84. The van der Waals surface area contributed by atoms with Gasteiger partial charge in [-0.1, -0.05) is 0 Å². The van der Waals surface area contributed by atoms with Crippen molar-refractivity contribution in [3.8, 4) is 0 Å². The van der Waals surface area contributed by atoms with E-state index in [1.165, 1.54) is 0 Å². The molecular formula is C7H6IN3. The number of nitrogens with zero attached hydrogens (tertiary/aromatic N) is 3. The fourth-order valence-electron chi connectivity index (χ4n) is 0.987. The normalized spacial score (nSPS) is 10.7. The number of aryl methyl sites for hydroxylation is 1. The molecule has 0 fully saturated rings. The summed E-state index contributed by atoms with van der Waals surface area (Å²) in [4.78, 5) is 8.28. The molecule has 2 rings (SSSR count). The van der Waals surface area contributed by atoms with Crippen molar-refractivity contribution in [2.75, 3.05) is 0 Å². The third-order valence-electron chi connectivity index (χ3n) is 1.55. The highest BCUT2D eigenvalue weighted by Crippen LogP contribution is 2.06. The first-order chi connectivity index (χ1) is 5.27. The Morgan fingerprint density at radius 3 is 3.00 bits per heavy atom. The van der Waals surface area contributed by atoms with Gasteiger partial charge >= 0.3 is 0 Å². The van der Waals surface area contributed by atoms with Crippen molar-refractivity contribution in [2.45, 2.75) is 6.92 Å². The summed E-state index contributed by atoms with van der Waals surface area (Å²) < 4.78 is 3.01. The number of hydrogen-bond donors (Lipinski definition) is 0. The third kappa shape index (κ3) is 1.11. The van der Waals surface area contributed by atoms with Crippen LogP contribution in [0.4, 0.5) is 0 Å². The molecular weight excluding hydrogens is 253 g/mol. The topological polar surface area (TPSA) is 30.2 Å². The van der Waals surface area contributed by atoms with E-state index in [1.54, 1.807) is 6.20 Å². The standard InChI is InChI=1S/C7H6IN3/c1-5-2-10-7-3-9-6(8)4-11(5)7/h2-4H,1H3. The van der Waals surface area contributed by atoms with E-state index in [0.29, 0.717) is 0 Å². The molecule has 2 aromatic heterocycles. The Balaban J connectivity index is 2.87. The molecule has 0 amide bonds. The molecule has 0 aliphatic rings.